The molecule has 0 saturated carbocycles. The molecule has 0 aliphatic heterocycles. The van der Waals surface area contributed by atoms with Crippen LogP contribution in [-0.4, -0.2) is 40.5 Å². The maximum absolute atomic E-state index is 12.8. The summed E-state index contributed by atoms with van der Waals surface area (Å²) in [6.07, 6.45) is 2.47. The highest BCUT2D eigenvalue weighted by molar-refractivity contribution is 6.88. The van der Waals surface area contributed by atoms with E-state index in [9.17, 15) is 9.59 Å². The lowest BCUT2D eigenvalue weighted by atomic mass is 10.00. The highest BCUT2D eigenvalue weighted by Crippen LogP contribution is 2.16. The van der Waals surface area contributed by atoms with Gasteiger partial charge in [-0.15, -0.1) is 5.10 Å². The van der Waals surface area contributed by atoms with Crippen LogP contribution in [0.2, 0.25) is 19.6 Å². The lowest BCUT2D eigenvalue weighted by Crippen LogP contribution is -2.38. The van der Waals surface area contributed by atoms with Crippen molar-refractivity contribution in [3.8, 4) is 0 Å². The summed E-state index contributed by atoms with van der Waals surface area (Å²) < 4.78 is 7.20. The monoisotopic (exact) mass is 430 g/mol. The normalized spacial score (nSPS) is 13.0. The fourth-order valence-corrected chi connectivity index (χ4v) is 3.76. The minimum Gasteiger partial charge on any atom is -0.460 e. The van der Waals surface area contributed by atoms with E-state index in [1.54, 1.807) is 4.68 Å². The van der Waals surface area contributed by atoms with Crippen LogP contribution in [-0.2, 0) is 27.4 Å². The largest absolute Gasteiger partial charge is 0.460 e. The van der Waals surface area contributed by atoms with E-state index in [1.165, 1.54) is 0 Å². The lowest BCUT2D eigenvalue weighted by molar-refractivity contribution is -0.157. The van der Waals surface area contributed by atoms with Gasteiger partial charge in [-0.05, 0) is 32.8 Å². The van der Waals surface area contributed by atoms with E-state index in [2.05, 4.69) is 35.3 Å². The maximum atomic E-state index is 12.8. The minimum absolute atomic E-state index is 0.0352. The van der Waals surface area contributed by atoms with Crippen LogP contribution in [0, 0.1) is 5.92 Å². The number of hydrogen-bond donors (Lipinski definition) is 1. The molecule has 164 valence electrons. The molecule has 7 nitrogen and oxygen atoms in total. The number of aromatic nitrogens is 3. The van der Waals surface area contributed by atoms with E-state index in [4.69, 9.17) is 4.74 Å². The zero-order chi connectivity index (χ0) is 22.4. The molecule has 0 bridgehead atoms. The van der Waals surface area contributed by atoms with E-state index in [-0.39, 0.29) is 18.3 Å². The van der Waals surface area contributed by atoms with E-state index >= 15 is 0 Å². The van der Waals surface area contributed by atoms with Crippen molar-refractivity contribution in [1.82, 2.24) is 20.3 Å². The second-order valence-electron chi connectivity index (χ2n) is 9.60. The SMILES string of the molecule is CC(C)(C)OC(=O)C[C@H](CCn1cc([Si](C)(C)C)nn1)C(=O)NCc1ccccc1. The molecule has 30 heavy (non-hydrogen) atoms. The number of nitrogens with one attached hydrogen (secondary N) is 1. The zero-order valence-corrected chi connectivity index (χ0v) is 19.9. The number of hydrogen-bond acceptors (Lipinski definition) is 5. The van der Waals surface area contributed by atoms with Crippen LogP contribution in [0.4, 0.5) is 0 Å². The molecule has 0 aliphatic carbocycles. The zero-order valence-electron chi connectivity index (χ0n) is 18.9. The van der Waals surface area contributed by atoms with Crippen molar-refractivity contribution in [3.05, 3.63) is 42.1 Å². The summed E-state index contributed by atoms with van der Waals surface area (Å²) in [6.45, 7) is 13.0. The lowest BCUT2D eigenvalue weighted by Gasteiger charge is -2.22. The summed E-state index contributed by atoms with van der Waals surface area (Å²) in [7, 11) is -1.54. The summed E-state index contributed by atoms with van der Waals surface area (Å²) >= 11 is 0. The van der Waals surface area contributed by atoms with Gasteiger partial charge in [0.2, 0.25) is 5.91 Å². The van der Waals surface area contributed by atoms with Crippen LogP contribution in [0.3, 0.4) is 0 Å². The van der Waals surface area contributed by atoms with Gasteiger partial charge in [0.15, 0.2) is 0 Å². The fraction of sp³-hybridized carbons (Fsp3) is 0.545. The first kappa shape index (κ1) is 23.8. The molecule has 0 aliphatic rings. The van der Waals surface area contributed by atoms with Crippen LogP contribution in [0.5, 0.6) is 0 Å². The molecule has 1 amide bonds. The number of rotatable bonds is 9. The van der Waals surface area contributed by atoms with Gasteiger partial charge in [0.1, 0.15) is 13.7 Å². The first-order valence-electron chi connectivity index (χ1n) is 10.4. The Bertz CT molecular complexity index is 838. The predicted octanol–water partition coefficient (Wildman–Crippen LogP) is 2.88. The Morgan fingerprint density at radius 2 is 1.83 bits per heavy atom. The average Bonchev–Trinajstić information content (AvgIpc) is 3.12. The molecule has 0 saturated heterocycles. The van der Waals surface area contributed by atoms with Gasteiger partial charge in [-0.2, -0.15) is 0 Å². The second kappa shape index (κ2) is 10.0. The topological polar surface area (TPSA) is 86.1 Å². The molecule has 1 heterocycles. The summed E-state index contributed by atoms with van der Waals surface area (Å²) in [6, 6.07) is 9.71. The maximum Gasteiger partial charge on any atom is 0.307 e. The van der Waals surface area contributed by atoms with Crippen molar-refractivity contribution in [2.45, 2.75) is 71.9 Å². The molecule has 1 aromatic heterocycles. The van der Waals surface area contributed by atoms with Gasteiger partial charge in [-0.3, -0.25) is 14.3 Å². The standard InChI is InChI=1S/C22H34N4O3Si/c1-22(2,3)29-20(27)14-18(21(28)23-15-17-10-8-7-9-11-17)12-13-26-16-19(24-25-26)30(4,5)6/h7-11,16,18H,12-15H2,1-6H3,(H,23,28)/t18-/m0/s1. The highest BCUT2D eigenvalue weighted by Gasteiger charge is 2.26. The molecular weight excluding hydrogens is 396 g/mol. The van der Waals surface area contributed by atoms with Crippen molar-refractivity contribution in [2.75, 3.05) is 0 Å². The summed E-state index contributed by atoms with van der Waals surface area (Å²) in [5.74, 6) is -1.03. The Hall–Kier alpha value is -2.48. The summed E-state index contributed by atoms with van der Waals surface area (Å²) in [4.78, 5) is 25.2. The van der Waals surface area contributed by atoms with Gasteiger partial charge in [0.25, 0.3) is 0 Å². The van der Waals surface area contributed by atoms with E-state index in [0.717, 1.165) is 10.9 Å². The van der Waals surface area contributed by atoms with Crippen LogP contribution in [0.25, 0.3) is 0 Å². The van der Waals surface area contributed by atoms with Crippen LogP contribution in [0.1, 0.15) is 39.2 Å². The third kappa shape index (κ3) is 8.10. The van der Waals surface area contributed by atoms with Crippen LogP contribution < -0.4 is 10.6 Å². The predicted molar refractivity (Wildman–Crippen MR) is 120 cm³/mol. The highest BCUT2D eigenvalue weighted by atomic mass is 28.3. The van der Waals surface area contributed by atoms with Gasteiger partial charge < -0.3 is 10.1 Å². The summed E-state index contributed by atoms with van der Waals surface area (Å²) in [5.41, 5.74) is 0.429. The molecule has 2 rings (SSSR count). The van der Waals surface area contributed by atoms with Crippen molar-refractivity contribution in [1.29, 1.82) is 0 Å². The molecule has 0 unspecified atom stereocenters. The third-order valence-electron chi connectivity index (χ3n) is 4.53. The van der Waals surface area contributed by atoms with E-state index < -0.39 is 19.6 Å². The number of esters is 1. The number of aryl methyl sites for hydroxylation is 1. The quantitative estimate of drug-likeness (QED) is 0.488. The molecule has 1 N–H and O–H groups in total. The Morgan fingerprint density at radius 1 is 1.17 bits per heavy atom. The second-order valence-corrected chi connectivity index (χ2v) is 14.6. The van der Waals surface area contributed by atoms with Crippen molar-refractivity contribution in [3.63, 3.8) is 0 Å². The van der Waals surface area contributed by atoms with Gasteiger partial charge in [-0.25, -0.2) is 0 Å². The number of ether oxygens (including phenoxy) is 1. The Morgan fingerprint density at radius 3 is 2.40 bits per heavy atom. The van der Waals surface area contributed by atoms with Gasteiger partial charge in [0.05, 0.1) is 17.7 Å². The van der Waals surface area contributed by atoms with E-state index in [1.807, 2.05) is 57.3 Å². The average molecular weight is 431 g/mol. The van der Waals surface area contributed by atoms with E-state index in [0.29, 0.717) is 19.5 Å². The van der Waals surface area contributed by atoms with Crippen LogP contribution in [0.15, 0.2) is 36.5 Å². The van der Waals surface area contributed by atoms with Gasteiger partial charge in [0, 0.05) is 19.3 Å². The Kier molecular flexibility index (Phi) is 7.94. The van der Waals surface area contributed by atoms with Gasteiger partial charge >= 0.3 is 5.97 Å². The number of carbonyl (C=O) groups is 2. The molecule has 1 aromatic carbocycles. The number of benzene rings is 1. The molecular formula is C22H34N4O3Si. The Labute approximate surface area is 180 Å². The van der Waals surface area contributed by atoms with Gasteiger partial charge in [-0.1, -0.05) is 55.2 Å². The first-order valence-corrected chi connectivity index (χ1v) is 13.9. The molecule has 1 atom stereocenters. The summed E-state index contributed by atoms with van der Waals surface area (Å²) in [5, 5.41) is 12.5. The van der Waals surface area contributed by atoms with Crippen molar-refractivity contribution >= 4 is 25.3 Å². The van der Waals surface area contributed by atoms with Crippen LogP contribution >= 0.6 is 0 Å². The molecule has 2 aromatic rings. The minimum atomic E-state index is -1.54. The van der Waals surface area contributed by atoms with Crippen molar-refractivity contribution in [2.24, 2.45) is 5.92 Å². The van der Waals surface area contributed by atoms with Crippen molar-refractivity contribution < 1.29 is 14.3 Å². The number of carbonyl (C=O) groups excluding carboxylic acids is 2. The smallest absolute Gasteiger partial charge is 0.307 e. The Balaban J connectivity index is 2.03. The molecule has 0 radical (unpaired) electrons. The molecule has 8 heteroatoms. The third-order valence-corrected chi connectivity index (χ3v) is 6.29. The number of nitrogens with zero attached hydrogens (tertiary/aromatic N) is 3. The first-order chi connectivity index (χ1) is 13.9. The fourth-order valence-electron chi connectivity index (χ4n) is 2.88. The number of amides is 1. The molecule has 0 fully saturated rings. The molecule has 0 spiro atoms.